The highest BCUT2D eigenvalue weighted by Gasteiger charge is 2.43. The Labute approximate surface area is 115 Å². The van der Waals surface area contributed by atoms with E-state index in [9.17, 15) is 0 Å². The van der Waals surface area contributed by atoms with Crippen molar-refractivity contribution in [2.75, 3.05) is 19.6 Å². The maximum atomic E-state index is 4.43. The van der Waals surface area contributed by atoms with Gasteiger partial charge in [0.25, 0.3) is 0 Å². The quantitative estimate of drug-likeness (QED) is 0.869. The van der Waals surface area contributed by atoms with Crippen LogP contribution in [0.4, 0.5) is 0 Å². The molecule has 5 nitrogen and oxygen atoms in total. The highest BCUT2D eigenvalue weighted by molar-refractivity contribution is 5.02. The molecule has 1 aromatic heterocycles. The molecule has 19 heavy (non-hydrogen) atoms. The van der Waals surface area contributed by atoms with Crippen LogP contribution in [0.5, 0.6) is 0 Å². The molecule has 1 atom stereocenters. The molecule has 1 saturated heterocycles. The van der Waals surface area contributed by atoms with Gasteiger partial charge in [-0.15, -0.1) is 0 Å². The van der Waals surface area contributed by atoms with Gasteiger partial charge in [0, 0.05) is 31.7 Å². The first-order chi connectivity index (χ1) is 9.21. The smallest absolute Gasteiger partial charge is 0.141 e. The first-order valence-electron chi connectivity index (χ1n) is 7.55. The van der Waals surface area contributed by atoms with Gasteiger partial charge in [-0.3, -0.25) is 4.90 Å². The van der Waals surface area contributed by atoms with Gasteiger partial charge in [-0.1, -0.05) is 6.92 Å². The average Bonchev–Trinajstić information content (AvgIpc) is 3.16. The number of rotatable bonds is 5. The predicted octanol–water partition coefficient (Wildman–Crippen LogP) is 1.26. The summed E-state index contributed by atoms with van der Waals surface area (Å²) in [4.78, 5) is 6.96. The zero-order chi connectivity index (χ0) is 13.3. The molecule has 1 aliphatic heterocycles. The molecule has 1 saturated carbocycles. The van der Waals surface area contributed by atoms with Gasteiger partial charge < -0.3 is 5.32 Å². The van der Waals surface area contributed by atoms with Gasteiger partial charge in [-0.25, -0.2) is 9.67 Å². The van der Waals surface area contributed by atoms with E-state index >= 15 is 0 Å². The molecule has 1 aromatic rings. The summed E-state index contributed by atoms with van der Waals surface area (Å²) >= 11 is 0. The van der Waals surface area contributed by atoms with Crippen LogP contribution in [0.3, 0.4) is 0 Å². The van der Waals surface area contributed by atoms with E-state index in [0.29, 0.717) is 5.54 Å². The minimum absolute atomic E-state index is 0.313. The summed E-state index contributed by atoms with van der Waals surface area (Å²) < 4.78 is 2.05. The number of nitrogens with one attached hydrogen (secondary N) is 1. The van der Waals surface area contributed by atoms with Gasteiger partial charge in [0.2, 0.25) is 0 Å². The van der Waals surface area contributed by atoms with Crippen LogP contribution in [-0.4, -0.2) is 44.8 Å². The lowest BCUT2D eigenvalue weighted by molar-refractivity contribution is 0.117. The lowest BCUT2D eigenvalue weighted by Crippen LogP contribution is -2.59. The van der Waals surface area contributed by atoms with E-state index in [4.69, 9.17) is 0 Å². The monoisotopic (exact) mass is 263 g/mol. The van der Waals surface area contributed by atoms with Crippen molar-refractivity contribution in [3.63, 3.8) is 0 Å². The highest BCUT2D eigenvalue weighted by Crippen LogP contribution is 2.40. The van der Waals surface area contributed by atoms with Crippen molar-refractivity contribution in [1.82, 2.24) is 25.0 Å². The van der Waals surface area contributed by atoms with Gasteiger partial charge in [-0.05, 0) is 32.1 Å². The van der Waals surface area contributed by atoms with Crippen LogP contribution in [0, 0.1) is 5.92 Å². The molecule has 1 unspecified atom stereocenters. The van der Waals surface area contributed by atoms with E-state index in [-0.39, 0.29) is 0 Å². The number of aromatic nitrogens is 3. The molecule has 2 heterocycles. The van der Waals surface area contributed by atoms with Crippen LogP contribution in [0.15, 0.2) is 6.33 Å². The Bertz CT molecular complexity index is 425. The van der Waals surface area contributed by atoms with Crippen molar-refractivity contribution >= 4 is 0 Å². The third kappa shape index (κ3) is 2.82. The van der Waals surface area contributed by atoms with Crippen molar-refractivity contribution in [2.45, 2.75) is 51.7 Å². The van der Waals surface area contributed by atoms with Crippen LogP contribution in [0.25, 0.3) is 0 Å². The molecule has 3 rings (SSSR count). The normalized spacial score (nSPS) is 28.7. The number of aryl methyl sites for hydroxylation is 1. The summed E-state index contributed by atoms with van der Waals surface area (Å²) in [6, 6.07) is 0. The first kappa shape index (κ1) is 13.1. The Kier molecular flexibility index (Phi) is 3.58. The van der Waals surface area contributed by atoms with E-state index in [0.717, 1.165) is 50.9 Å². The second-order valence-corrected chi connectivity index (χ2v) is 6.23. The minimum atomic E-state index is 0.313. The van der Waals surface area contributed by atoms with Gasteiger partial charge in [0.1, 0.15) is 12.2 Å². The van der Waals surface area contributed by atoms with Gasteiger partial charge in [-0.2, -0.15) is 5.10 Å². The summed E-state index contributed by atoms with van der Waals surface area (Å²) in [5.74, 6) is 1.99. The third-order valence-electron chi connectivity index (χ3n) is 4.48. The number of hydrogen-bond acceptors (Lipinski definition) is 4. The zero-order valence-corrected chi connectivity index (χ0v) is 12.1. The van der Waals surface area contributed by atoms with E-state index in [1.165, 1.54) is 12.8 Å². The number of hydrogen-bond donors (Lipinski definition) is 1. The van der Waals surface area contributed by atoms with Crippen molar-refractivity contribution in [3.8, 4) is 0 Å². The fraction of sp³-hybridized carbons (Fsp3) is 0.857. The maximum Gasteiger partial charge on any atom is 0.141 e. The Morgan fingerprint density at radius 2 is 2.32 bits per heavy atom. The fourth-order valence-corrected chi connectivity index (χ4v) is 3.24. The molecule has 0 bridgehead atoms. The lowest BCUT2D eigenvalue weighted by Gasteiger charge is -2.41. The highest BCUT2D eigenvalue weighted by atomic mass is 15.4. The molecule has 2 fully saturated rings. The van der Waals surface area contributed by atoms with Crippen molar-refractivity contribution < 1.29 is 0 Å². The average molecular weight is 263 g/mol. The standard InChI is InChI=1S/C14H25N5/c1-3-7-19-13(15-11-17-19)9-18-8-6-16-14(2,10-18)12-4-5-12/h11-12,16H,3-10H2,1-2H3. The van der Waals surface area contributed by atoms with E-state index < -0.39 is 0 Å². The largest absolute Gasteiger partial charge is 0.309 e. The van der Waals surface area contributed by atoms with Crippen molar-refractivity contribution in [2.24, 2.45) is 5.92 Å². The lowest BCUT2D eigenvalue weighted by atomic mass is 9.93. The van der Waals surface area contributed by atoms with Crippen molar-refractivity contribution in [3.05, 3.63) is 12.2 Å². The van der Waals surface area contributed by atoms with Crippen LogP contribution in [0.2, 0.25) is 0 Å². The summed E-state index contributed by atoms with van der Waals surface area (Å²) in [5, 5.41) is 8.04. The van der Waals surface area contributed by atoms with Crippen LogP contribution in [-0.2, 0) is 13.1 Å². The molecule has 1 N–H and O–H groups in total. The molecular formula is C14H25N5. The van der Waals surface area contributed by atoms with Crippen LogP contribution < -0.4 is 5.32 Å². The maximum absolute atomic E-state index is 4.43. The number of piperazine rings is 1. The topological polar surface area (TPSA) is 46.0 Å². The van der Waals surface area contributed by atoms with E-state index in [2.05, 4.69) is 38.8 Å². The molecule has 1 aliphatic carbocycles. The second-order valence-electron chi connectivity index (χ2n) is 6.23. The van der Waals surface area contributed by atoms with Crippen molar-refractivity contribution in [1.29, 1.82) is 0 Å². The Morgan fingerprint density at radius 3 is 3.05 bits per heavy atom. The summed E-state index contributed by atoms with van der Waals surface area (Å²) in [6.07, 6.45) is 5.58. The van der Waals surface area contributed by atoms with Gasteiger partial charge >= 0.3 is 0 Å². The summed E-state index contributed by atoms with van der Waals surface area (Å²) in [7, 11) is 0. The summed E-state index contributed by atoms with van der Waals surface area (Å²) in [6.45, 7) is 9.81. The Balaban J connectivity index is 1.64. The molecule has 5 heteroatoms. The molecule has 0 radical (unpaired) electrons. The van der Waals surface area contributed by atoms with Gasteiger partial charge in [0.15, 0.2) is 0 Å². The Hall–Kier alpha value is -0.940. The first-order valence-corrected chi connectivity index (χ1v) is 7.55. The van der Waals surface area contributed by atoms with Crippen LogP contribution >= 0.6 is 0 Å². The zero-order valence-electron chi connectivity index (χ0n) is 12.1. The van der Waals surface area contributed by atoms with Gasteiger partial charge in [0.05, 0.1) is 6.54 Å². The third-order valence-corrected chi connectivity index (χ3v) is 4.48. The molecule has 0 amide bonds. The molecule has 2 aliphatic rings. The Morgan fingerprint density at radius 1 is 1.47 bits per heavy atom. The number of nitrogens with zero attached hydrogens (tertiary/aromatic N) is 4. The minimum Gasteiger partial charge on any atom is -0.309 e. The van der Waals surface area contributed by atoms with Crippen LogP contribution in [0.1, 0.15) is 38.9 Å². The predicted molar refractivity (Wildman–Crippen MR) is 74.7 cm³/mol. The fourth-order valence-electron chi connectivity index (χ4n) is 3.24. The summed E-state index contributed by atoms with van der Waals surface area (Å²) in [5.41, 5.74) is 0.313. The molecule has 0 spiro atoms. The molecule has 0 aromatic carbocycles. The van der Waals surface area contributed by atoms with E-state index in [1.54, 1.807) is 6.33 Å². The second kappa shape index (κ2) is 5.21. The molecule has 106 valence electrons. The molecular weight excluding hydrogens is 238 g/mol. The SMILES string of the molecule is CCCn1ncnc1CN1CCNC(C)(C2CC2)C1. The van der Waals surface area contributed by atoms with E-state index in [1.807, 2.05) is 0 Å².